The fraction of sp³-hybridized carbons (Fsp3) is 0.611. The average Bonchev–Trinajstić information content (AvgIpc) is 2.89. The molecule has 0 spiro atoms. The Kier molecular flexibility index (Phi) is 5.09. The van der Waals surface area contributed by atoms with E-state index >= 15 is 0 Å². The van der Waals surface area contributed by atoms with Gasteiger partial charge < -0.3 is 10.2 Å². The van der Waals surface area contributed by atoms with Crippen LogP contribution in [0.15, 0.2) is 22.7 Å². The molecule has 0 aromatic heterocycles. The number of carbonyl (C=O) groups is 1. The van der Waals surface area contributed by atoms with E-state index < -0.39 is 0 Å². The third-order valence-electron chi connectivity index (χ3n) is 5.00. The molecule has 0 bridgehead atoms. The van der Waals surface area contributed by atoms with Crippen LogP contribution in [0.4, 0.5) is 5.69 Å². The lowest BCUT2D eigenvalue weighted by atomic mass is 9.99. The smallest absolute Gasteiger partial charge is 0.241 e. The minimum Gasteiger partial charge on any atom is -0.311 e. The first-order chi connectivity index (χ1) is 11.0. The number of nitrogens with one attached hydrogen (secondary N) is 1. The summed E-state index contributed by atoms with van der Waals surface area (Å²) in [4.78, 5) is 17.2. The number of hydrogen-bond donors (Lipinski definition) is 1. The van der Waals surface area contributed by atoms with Gasteiger partial charge in [-0.1, -0.05) is 35.8 Å². The molecule has 5 heteroatoms. The summed E-state index contributed by atoms with van der Waals surface area (Å²) in [6.45, 7) is 9.89. The minimum atomic E-state index is 0.224. The Morgan fingerprint density at radius 2 is 2.22 bits per heavy atom. The predicted octanol–water partition coefficient (Wildman–Crippen LogP) is 2.66. The molecule has 23 heavy (non-hydrogen) atoms. The molecule has 0 saturated carbocycles. The van der Waals surface area contributed by atoms with E-state index in [0.717, 1.165) is 36.2 Å². The summed E-state index contributed by atoms with van der Waals surface area (Å²) >= 11 is 3.52. The van der Waals surface area contributed by atoms with E-state index in [1.807, 2.05) is 4.90 Å². The highest BCUT2D eigenvalue weighted by Gasteiger charge is 2.32. The van der Waals surface area contributed by atoms with E-state index in [0.29, 0.717) is 24.5 Å². The topological polar surface area (TPSA) is 35.6 Å². The maximum Gasteiger partial charge on any atom is 0.241 e. The van der Waals surface area contributed by atoms with E-state index in [1.165, 1.54) is 5.56 Å². The first-order valence-corrected chi connectivity index (χ1v) is 9.31. The summed E-state index contributed by atoms with van der Waals surface area (Å²) in [7, 11) is 0. The second kappa shape index (κ2) is 6.91. The summed E-state index contributed by atoms with van der Waals surface area (Å²) in [6, 6.07) is 7.12. The van der Waals surface area contributed by atoms with Crippen molar-refractivity contribution in [2.45, 2.75) is 39.3 Å². The lowest BCUT2D eigenvalue weighted by Crippen LogP contribution is -2.59. The van der Waals surface area contributed by atoms with Gasteiger partial charge in [0.25, 0.3) is 0 Å². The first kappa shape index (κ1) is 16.9. The van der Waals surface area contributed by atoms with Crippen molar-refractivity contribution in [3.63, 3.8) is 0 Å². The third kappa shape index (κ3) is 3.62. The van der Waals surface area contributed by atoms with Crippen LogP contribution < -0.4 is 10.2 Å². The van der Waals surface area contributed by atoms with Crippen LogP contribution in [0, 0.1) is 5.92 Å². The fourth-order valence-electron chi connectivity index (χ4n) is 3.71. The van der Waals surface area contributed by atoms with Gasteiger partial charge in [-0.25, -0.2) is 0 Å². The SMILES string of the molecule is CC(C)C1CN[C@H](C)CN1CC(=O)N1CCc2ccc(Br)cc21. The normalized spacial score (nSPS) is 25.0. The second-order valence-electron chi connectivity index (χ2n) is 7.12. The average molecular weight is 380 g/mol. The van der Waals surface area contributed by atoms with Crippen LogP contribution in [0.3, 0.4) is 0 Å². The van der Waals surface area contributed by atoms with Crippen molar-refractivity contribution < 1.29 is 4.79 Å². The molecule has 1 N–H and O–H groups in total. The number of carbonyl (C=O) groups excluding carboxylic acids is 1. The van der Waals surface area contributed by atoms with Gasteiger partial charge in [-0.05, 0) is 37.0 Å². The van der Waals surface area contributed by atoms with Crippen molar-refractivity contribution in [1.82, 2.24) is 10.2 Å². The van der Waals surface area contributed by atoms with Crippen molar-refractivity contribution in [1.29, 1.82) is 0 Å². The minimum absolute atomic E-state index is 0.224. The van der Waals surface area contributed by atoms with Crippen molar-refractivity contribution >= 4 is 27.5 Å². The fourth-order valence-corrected chi connectivity index (χ4v) is 4.06. The van der Waals surface area contributed by atoms with E-state index in [4.69, 9.17) is 0 Å². The Labute approximate surface area is 147 Å². The highest BCUT2D eigenvalue weighted by atomic mass is 79.9. The third-order valence-corrected chi connectivity index (χ3v) is 5.50. The quantitative estimate of drug-likeness (QED) is 0.876. The monoisotopic (exact) mass is 379 g/mol. The molecule has 2 atom stereocenters. The number of halogens is 1. The van der Waals surface area contributed by atoms with Gasteiger partial charge in [-0.3, -0.25) is 9.69 Å². The highest BCUT2D eigenvalue weighted by Crippen LogP contribution is 2.31. The molecule has 0 radical (unpaired) electrons. The number of rotatable bonds is 3. The Balaban J connectivity index is 1.73. The van der Waals surface area contributed by atoms with Crippen LogP contribution >= 0.6 is 15.9 Å². The summed E-state index contributed by atoms with van der Waals surface area (Å²) in [5.74, 6) is 0.768. The Morgan fingerprint density at radius 3 is 2.96 bits per heavy atom. The lowest BCUT2D eigenvalue weighted by Gasteiger charge is -2.41. The Morgan fingerprint density at radius 1 is 1.43 bits per heavy atom. The van der Waals surface area contributed by atoms with Gasteiger partial charge in [-0.2, -0.15) is 0 Å². The van der Waals surface area contributed by atoms with E-state index in [-0.39, 0.29) is 5.91 Å². The number of benzene rings is 1. The zero-order valence-electron chi connectivity index (χ0n) is 14.2. The van der Waals surface area contributed by atoms with Crippen LogP contribution in [0.25, 0.3) is 0 Å². The van der Waals surface area contributed by atoms with E-state index in [1.54, 1.807) is 0 Å². The van der Waals surface area contributed by atoms with Crippen molar-refractivity contribution in [2.75, 3.05) is 31.1 Å². The van der Waals surface area contributed by atoms with Crippen LogP contribution in [-0.2, 0) is 11.2 Å². The summed E-state index contributed by atoms with van der Waals surface area (Å²) in [6.07, 6.45) is 0.958. The predicted molar refractivity (Wildman–Crippen MR) is 97.9 cm³/mol. The Hall–Kier alpha value is -0.910. The molecule has 2 aliphatic heterocycles. The second-order valence-corrected chi connectivity index (χ2v) is 8.03. The first-order valence-electron chi connectivity index (χ1n) is 8.52. The standard InChI is InChI=1S/C18H26BrN3O/c1-12(2)17-9-20-13(3)10-21(17)11-18(23)22-7-6-14-4-5-15(19)8-16(14)22/h4-5,8,12-13,17,20H,6-7,9-11H2,1-3H3/t13-,17?/m1/s1. The molecular formula is C18H26BrN3O. The molecule has 1 fully saturated rings. The summed E-state index contributed by atoms with van der Waals surface area (Å²) in [5.41, 5.74) is 2.35. The van der Waals surface area contributed by atoms with Crippen LogP contribution in [0.5, 0.6) is 0 Å². The van der Waals surface area contributed by atoms with Crippen molar-refractivity contribution in [2.24, 2.45) is 5.92 Å². The molecule has 1 saturated heterocycles. The van der Waals surface area contributed by atoms with Gasteiger partial charge in [0.1, 0.15) is 0 Å². The lowest BCUT2D eigenvalue weighted by molar-refractivity contribution is -0.120. The van der Waals surface area contributed by atoms with Gasteiger partial charge in [0.2, 0.25) is 5.91 Å². The molecule has 1 aromatic rings. The Bertz CT molecular complexity index is 590. The van der Waals surface area contributed by atoms with Gasteiger partial charge in [0.15, 0.2) is 0 Å². The maximum absolute atomic E-state index is 12.9. The molecule has 126 valence electrons. The van der Waals surface area contributed by atoms with Crippen molar-refractivity contribution in [3.05, 3.63) is 28.2 Å². The van der Waals surface area contributed by atoms with E-state index in [9.17, 15) is 4.79 Å². The number of amides is 1. The largest absolute Gasteiger partial charge is 0.311 e. The van der Waals surface area contributed by atoms with Crippen LogP contribution in [-0.4, -0.2) is 49.1 Å². The highest BCUT2D eigenvalue weighted by molar-refractivity contribution is 9.10. The molecule has 1 amide bonds. The number of hydrogen-bond acceptors (Lipinski definition) is 3. The van der Waals surface area contributed by atoms with Gasteiger partial charge in [0.05, 0.1) is 6.54 Å². The summed E-state index contributed by atoms with van der Waals surface area (Å²) in [5, 5.41) is 3.54. The van der Waals surface area contributed by atoms with Gasteiger partial charge >= 0.3 is 0 Å². The molecule has 2 heterocycles. The summed E-state index contributed by atoms with van der Waals surface area (Å²) < 4.78 is 1.03. The zero-order chi connectivity index (χ0) is 16.6. The van der Waals surface area contributed by atoms with Gasteiger partial charge in [0, 0.05) is 41.9 Å². The number of anilines is 1. The number of piperazine rings is 1. The molecule has 0 aliphatic carbocycles. The van der Waals surface area contributed by atoms with Crippen LogP contribution in [0.2, 0.25) is 0 Å². The molecule has 1 unspecified atom stereocenters. The maximum atomic E-state index is 12.9. The molecular weight excluding hydrogens is 354 g/mol. The zero-order valence-corrected chi connectivity index (χ0v) is 15.8. The van der Waals surface area contributed by atoms with Crippen LogP contribution in [0.1, 0.15) is 26.3 Å². The van der Waals surface area contributed by atoms with E-state index in [2.05, 4.69) is 65.1 Å². The molecule has 3 rings (SSSR count). The molecule has 1 aromatic carbocycles. The number of nitrogens with zero attached hydrogens (tertiary/aromatic N) is 2. The molecule has 2 aliphatic rings. The van der Waals surface area contributed by atoms with Crippen molar-refractivity contribution in [3.8, 4) is 0 Å². The van der Waals surface area contributed by atoms with Gasteiger partial charge in [-0.15, -0.1) is 0 Å². The molecule has 4 nitrogen and oxygen atoms in total. The number of fused-ring (bicyclic) bond motifs is 1.